The van der Waals surface area contributed by atoms with Gasteiger partial charge in [-0.25, -0.2) is 4.39 Å². The fraction of sp³-hybridized carbons (Fsp3) is 0.400. The van der Waals surface area contributed by atoms with Crippen LogP contribution in [-0.2, 0) is 6.54 Å². The number of nitrogens with one attached hydrogen (secondary N) is 2. The van der Waals surface area contributed by atoms with Crippen LogP contribution in [0.1, 0.15) is 35.8 Å². The van der Waals surface area contributed by atoms with E-state index in [2.05, 4.69) is 20.5 Å². The molecule has 1 aliphatic heterocycles. The number of halogens is 2. The highest BCUT2D eigenvalue weighted by molar-refractivity contribution is 14.0. The fourth-order valence-electron chi connectivity index (χ4n) is 3.30. The second-order valence-corrected chi connectivity index (χ2v) is 6.50. The SMILES string of the molecule is CN=C(NCc1ccc(C#N)cc1F)NCC(c1ccco1)N1CCCC1.I. The molecule has 1 aromatic heterocycles. The van der Waals surface area contributed by atoms with E-state index in [-0.39, 0.29) is 36.6 Å². The molecule has 1 aromatic carbocycles. The Morgan fingerprint density at radius 3 is 2.71 bits per heavy atom. The molecule has 1 aliphatic rings. The first kappa shape index (κ1) is 22.2. The van der Waals surface area contributed by atoms with E-state index >= 15 is 0 Å². The van der Waals surface area contributed by atoms with Crippen LogP contribution in [0.4, 0.5) is 4.39 Å². The molecule has 0 bridgehead atoms. The van der Waals surface area contributed by atoms with E-state index in [9.17, 15) is 4.39 Å². The zero-order valence-corrected chi connectivity index (χ0v) is 18.2. The lowest BCUT2D eigenvalue weighted by molar-refractivity contribution is 0.215. The summed E-state index contributed by atoms with van der Waals surface area (Å²) < 4.78 is 19.6. The summed E-state index contributed by atoms with van der Waals surface area (Å²) in [4.78, 5) is 6.62. The summed E-state index contributed by atoms with van der Waals surface area (Å²) in [6.07, 6.45) is 4.09. The highest BCUT2D eigenvalue weighted by Gasteiger charge is 2.25. The monoisotopic (exact) mass is 497 g/mol. The van der Waals surface area contributed by atoms with Crippen LogP contribution in [0.15, 0.2) is 46.0 Å². The van der Waals surface area contributed by atoms with Gasteiger partial charge in [-0.2, -0.15) is 5.26 Å². The topological polar surface area (TPSA) is 76.6 Å². The number of hydrogen-bond acceptors (Lipinski definition) is 4. The average Bonchev–Trinajstić information content (AvgIpc) is 3.39. The molecule has 0 aliphatic carbocycles. The van der Waals surface area contributed by atoms with Gasteiger partial charge in [0, 0.05) is 25.7 Å². The Kier molecular flexibility index (Phi) is 8.73. The zero-order valence-electron chi connectivity index (χ0n) is 15.8. The maximum atomic E-state index is 14.0. The number of nitriles is 1. The quantitative estimate of drug-likeness (QED) is 0.364. The summed E-state index contributed by atoms with van der Waals surface area (Å²) in [5.74, 6) is 1.12. The third-order valence-electron chi connectivity index (χ3n) is 4.77. The van der Waals surface area contributed by atoms with Gasteiger partial charge in [0.2, 0.25) is 0 Å². The Morgan fingerprint density at radius 2 is 2.11 bits per heavy atom. The van der Waals surface area contributed by atoms with Gasteiger partial charge in [-0.1, -0.05) is 6.07 Å². The molecular formula is C20H25FIN5O. The van der Waals surface area contributed by atoms with E-state index in [0.717, 1.165) is 18.8 Å². The van der Waals surface area contributed by atoms with Crippen molar-refractivity contribution in [2.45, 2.75) is 25.4 Å². The van der Waals surface area contributed by atoms with Gasteiger partial charge in [0.05, 0.1) is 23.9 Å². The van der Waals surface area contributed by atoms with Crippen molar-refractivity contribution in [3.63, 3.8) is 0 Å². The molecule has 1 atom stereocenters. The molecule has 2 aromatic rings. The van der Waals surface area contributed by atoms with E-state index in [1.807, 2.05) is 18.2 Å². The van der Waals surface area contributed by atoms with E-state index < -0.39 is 5.82 Å². The predicted octanol–water partition coefficient (Wildman–Crippen LogP) is 3.41. The highest BCUT2D eigenvalue weighted by atomic mass is 127. The maximum absolute atomic E-state index is 14.0. The molecule has 0 amide bonds. The number of likely N-dealkylation sites (tertiary alicyclic amines) is 1. The van der Waals surface area contributed by atoms with Crippen LogP contribution in [0.2, 0.25) is 0 Å². The van der Waals surface area contributed by atoms with E-state index in [4.69, 9.17) is 9.68 Å². The van der Waals surface area contributed by atoms with Gasteiger partial charge in [0.1, 0.15) is 11.6 Å². The van der Waals surface area contributed by atoms with Crippen LogP contribution in [0.25, 0.3) is 0 Å². The van der Waals surface area contributed by atoms with Gasteiger partial charge < -0.3 is 15.1 Å². The van der Waals surface area contributed by atoms with Gasteiger partial charge >= 0.3 is 0 Å². The number of aliphatic imine (C=N–C) groups is 1. The maximum Gasteiger partial charge on any atom is 0.191 e. The number of guanidine groups is 1. The van der Waals surface area contributed by atoms with E-state index in [1.54, 1.807) is 25.4 Å². The van der Waals surface area contributed by atoms with Crippen LogP contribution in [-0.4, -0.2) is 37.5 Å². The molecule has 0 spiro atoms. The van der Waals surface area contributed by atoms with Crippen molar-refractivity contribution < 1.29 is 8.81 Å². The molecule has 150 valence electrons. The first-order valence-electron chi connectivity index (χ1n) is 9.11. The molecule has 2 N–H and O–H groups in total. The van der Waals surface area contributed by atoms with Crippen LogP contribution in [0.5, 0.6) is 0 Å². The van der Waals surface area contributed by atoms with Gasteiger partial charge in [-0.15, -0.1) is 24.0 Å². The van der Waals surface area contributed by atoms with Crippen LogP contribution < -0.4 is 10.6 Å². The average molecular weight is 497 g/mol. The first-order chi connectivity index (χ1) is 13.2. The molecule has 1 fully saturated rings. The number of hydrogen-bond donors (Lipinski definition) is 2. The molecule has 1 saturated heterocycles. The largest absolute Gasteiger partial charge is 0.468 e. The molecule has 3 rings (SSSR count). The number of furan rings is 1. The summed E-state index contributed by atoms with van der Waals surface area (Å²) >= 11 is 0. The summed E-state index contributed by atoms with van der Waals surface area (Å²) in [6.45, 7) is 3.03. The summed E-state index contributed by atoms with van der Waals surface area (Å²) in [5, 5.41) is 15.3. The minimum atomic E-state index is -0.400. The summed E-state index contributed by atoms with van der Waals surface area (Å²) in [7, 11) is 1.68. The Morgan fingerprint density at radius 1 is 1.32 bits per heavy atom. The Balaban J connectivity index is 0.00000280. The van der Waals surface area contributed by atoms with Crippen molar-refractivity contribution in [1.29, 1.82) is 5.26 Å². The molecular weight excluding hydrogens is 472 g/mol. The number of benzene rings is 1. The summed E-state index contributed by atoms with van der Waals surface area (Å²) in [5.41, 5.74) is 0.796. The van der Waals surface area contributed by atoms with Crippen molar-refractivity contribution in [1.82, 2.24) is 15.5 Å². The van der Waals surface area contributed by atoms with Gasteiger partial charge in [0.15, 0.2) is 5.96 Å². The lowest BCUT2D eigenvalue weighted by atomic mass is 10.1. The van der Waals surface area contributed by atoms with Crippen molar-refractivity contribution in [2.24, 2.45) is 4.99 Å². The molecule has 1 unspecified atom stereocenters. The second-order valence-electron chi connectivity index (χ2n) is 6.50. The van der Waals surface area contributed by atoms with Crippen molar-refractivity contribution in [2.75, 3.05) is 26.7 Å². The van der Waals surface area contributed by atoms with Crippen LogP contribution in [0.3, 0.4) is 0 Å². The van der Waals surface area contributed by atoms with Gasteiger partial charge in [-0.3, -0.25) is 9.89 Å². The van der Waals surface area contributed by atoms with E-state index in [1.165, 1.54) is 18.9 Å². The zero-order chi connectivity index (χ0) is 19.1. The van der Waals surface area contributed by atoms with Gasteiger partial charge in [-0.05, 0) is 50.2 Å². The third-order valence-corrected chi connectivity index (χ3v) is 4.77. The molecule has 2 heterocycles. The van der Waals surface area contributed by atoms with Crippen LogP contribution in [0, 0.1) is 17.1 Å². The molecule has 0 radical (unpaired) electrons. The smallest absolute Gasteiger partial charge is 0.191 e. The predicted molar refractivity (Wildman–Crippen MR) is 117 cm³/mol. The third kappa shape index (κ3) is 5.69. The molecule has 0 saturated carbocycles. The molecule has 8 heteroatoms. The lowest BCUT2D eigenvalue weighted by Crippen LogP contribution is -2.42. The number of nitrogens with zero attached hydrogens (tertiary/aromatic N) is 3. The normalized spacial score (nSPS) is 15.5. The molecule has 6 nitrogen and oxygen atoms in total. The Hall–Kier alpha value is -2.12. The summed E-state index contributed by atoms with van der Waals surface area (Å²) in [6, 6.07) is 10.4. The minimum Gasteiger partial charge on any atom is -0.468 e. The van der Waals surface area contributed by atoms with Crippen molar-refractivity contribution in [3.8, 4) is 6.07 Å². The van der Waals surface area contributed by atoms with Gasteiger partial charge in [0.25, 0.3) is 0 Å². The molecule has 28 heavy (non-hydrogen) atoms. The minimum absolute atomic E-state index is 0. The van der Waals surface area contributed by atoms with Crippen LogP contribution >= 0.6 is 24.0 Å². The Labute approximate surface area is 181 Å². The van der Waals surface area contributed by atoms with E-state index in [0.29, 0.717) is 23.6 Å². The fourth-order valence-corrected chi connectivity index (χ4v) is 3.30. The second kappa shape index (κ2) is 11.0. The van der Waals surface area contributed by atoms with Crippen molar-refractivity contribution in [3.05, 3.63) is 59.3 Å². The number of rotatable bonds is 6. The Bertz CT molecular complexity index is 812. The van der Waals surface area contributed by atoms with Crippen molar-refractivity contribution >= 4 is 29.9 Å². The highest BCUT2D eigenvalue weighted by Crippen LogP contribution is 2.24. The lowest BCUT2D eigenvalue weighted by Gasteiger charge is -2.26. The standard InChI is InChI=1S/C20H24FN5O.HI/c1-23-20(24-13-16-7-6-15(12-22)11-17(16)21)25-14-18(19-5-4-10-27-19)26-8-2-3-9-26;/h4-7,10-11,18H,2-3,8-9,13-14H2,1H3,(H2,23,24,25);1H. The first-order valence-corrected chi connectivity index (χ1v) is 9.11.